The van der Waals surface area contributed by atoms with E-state index in [2.05, 4.69) is 30.2 Å². The monoisotopic (exact) mass is 122 g/mol. The maximum absolute atomic E-state index is 3.85. The van der Waals surface area contributed by atoms with Crippen LogP contribution < -0.4 is 0 Å². The van der Waals surface area contributed by atoms with Gasteiger partial charge in [-0.25, -0.2) is 0 Å². The van der Waals surface area contributed by atoms with E-state index in [4.69, 9.17) is 0 Å². The SMILES string of the molecule is [CH2]C(C)Cc1c[c]n[nH]1. The van der Waals surface area contributed by atoms with E-state index in [0.29, 0.717) is 5.92 Å². The lowest BCUT2D eigenvalue weighted by molar-refractivity contribution is 0.700. The first kappa shape index (κ1) is 6.33. The van der Waals surface area contributed by atoms with Crippen LogP contribution in [0, 0.1) is 19.0 Å². The van der Waals surface area contributed by atoms with Crippen LogP contribution in [-0.4, -0.2) is 10.2 Å². The van der Waals surface area contributed by atoms with Crippen molar-refractivity contribution in [2.45, 2.75) is 13.3 Å². The van der Waals surface area contributed by atoms with E-state index in [1.807, 2.05) is 6.07 Å². The Morgan fingerprint density at radius 3 is 3.22 bits per heavy atom. The zero-order valence-corrected chi connectivity index (χ0v) is 5.52. The van der Waals surface area contributed by atoms with Gasteiger partial charge in [-0.1, -0.05) is 13.8 Å². The predicted molar refractivity (Wildman–Crippen MR) is 35.6 cm³/mol. The van der Waals surface area contributed by atoms with Crippen molar-refractivity contribution in [1.29, 1.82) is 0 Å². The number of rotatable bonds is 2. The van der Waals surface area contributed by atoms with Crippen molar-refractivity contribution in [2.75, 3.05) is 0 Å². The van der Waals surface area contributed by atoms with Crippen molar-refractivity contribution in [3.8, 4) is 0 Å². The topological polar surface area (TPSA) is 28.7 Å². The van der Waals surface area contributed by atoms with Crippen molar-refractivity contribution >= 4 is 0 Å². The molecule has 1 N–H and O–H groups in total. The summed E-state index contributed by atoms with van der Waals surface area (Å²) in [6.45, 7) is 5.92. The standard InChI is InChI=1S/C7H10N2/c1-6(2)5-7-3-4-8-9-7/h3,6H,1,5H2,2H3,(H,8,9). The molecule has 1 heterocycles. The molecule has 0 spiro atoms. The highest BCUT2D eigenvalue weighted by Gasteiger charge is 1.96. The number of nitrogens with zero attached hydrogens (tertiary/aromatic N) is 1. The highest BCUT2D eigenvalue weighted by Crippen LogP contribution is 2.01. The molecule has 1 rings (SSSR count). The van der Waals surface area contributed by atoms with E-state index in [9.17, 15) is 0 Å². The first-order chi connectivity index (χ1) is 4.29. The maximum Gasteiger partial charge on any atom is 0.113 e. The Morgan fingerprint density at radius 2 is 2.78 bits per heavy atom. The van der Waals surface area contributed by atoms with Crippen LogP contribution in [0.4, 0.5) is 0 Å². The van der Waals surface area contributed by atoms with Crippen LogP contribution in [0.1, 0.15) is 12.6 Å². The van der Waals surface area contributed by atoms with Gasteiger partial charge in [0.25, 0.3) is 0 Å². The summed E-state index contributed by atoms with van der Waals surface area (Å²) in [7, 11) is 0. The van der Waals surface area contributed by atoms with Gasteiger partial charge in [-0.3, -0.25) is 5.10 Å². The number of hydrogen-bond donors (Lipinski definition) is 1. The highest BCUT2D eigenvalue weighted by molar-refractivity contribution is 4.97. The van der Waals surface area contributed by atoms with Gasteiger partial charge in [-0.2, -0.15) is 5.10 Å². The Bertz CT molecular complexity index is 153. The fourth-order valence-electron chi connectivity index (χ4n) is 0.727. The van der Waals surface area contributed by atoms with Crippen molar-refractivity contribution in [1.82, 2.24) is 10.2 Å². The van der Waals surface area contributed by atoms with Gasteiger partial charge in [0.05, 0.1) is 0 Å². The summed E-state index contributed by atoms with van der Waals surface area (Å²) in [6, 6.07) is 1.85. The molecule has 0 aliphatic rings. The van der Waals surface area contributed by atoms with Crippen LogP contribution in [0.3, 0.4) is 0 Å². The van der Waals surface area contributed by atoms with E-state index in [1.54, 1.807) is 0 Å². The first-order valence-corrected chi connectivity index (χ1v) is 3.02. The van der Waals surface area contributed by atoms with E-state index in [1.165, 1.54) is 0 Å². The number of aromatic amines is 1. The third-order valence-corrected chi connectivity index (χ3v) is 1.07. The molecule has 1 aromatic heterocycles. The molecule has 2 nitrogen and oxygen atoms in total. The Hall–Kier alpha value is -0.790. The molecule has 0 saturated heterocycles. The second kappa shape index (κ2) is 2.67. The summed E-state index contributed by atoms with van der Waals surface area (Å²) >= 11 is 0. The summed E-state index contributed by atoms with van der Waals surface area (Å²) in [4.78, 5) is 0. The predicted octanol–water partition coefficient (Wildman–Crippen LogP) is 1.22. The molecule has 2 heteroatoms. The minimum Gasteiger partial charge on any atom is -0.282 e. The molecule has 1 atom stereocenters. The van der Waals surface area contributed by atoms with Gasteiger partial charge >= 0.3 is 0 Å². The normalized spacial score (nSPS) is 10.6. The molecule has 0 saturated carbocycles. The molecule has 48 valence electrons. The number of nitrogens with one attached hydrogen (secondary N) is 1. The fraction of sp³-hybridized carbons (Fsp3) is 0.429. The molecule has 1 unspecified atom stereocenters. The number of hydrogen-bond acceptors (Lipinski definition) is 1. The van der Waals surface area contributed by atoms with Crippen LogP contribution in [-0.2, 0) is 6.42 Å². The van der Waals surface area contributed by atoms with Crippen molar-refractivity contribution in [3.63, 3.8) is 0 Å². The van der Waals surface area contributed by atoms with E-state index >= 15 is 0 Å². The molecule has 2 radical (unpaired) electrons. The Balaban J connectivity index is 2.48. The molecular weight excluding hydrogens is 112 g/mol. The van der Waals surface area contributed by atoms with E-state index in [-0.39, 0.29) is 0 Å². The Labute approximate surface area is 55.3 Å². The third kappa shape index (κ3) is 1.88. The average molecular weight is 122 g/mol. The van der Waals surface area contributed by atoms with Crippen molar-refractivity contribution in [3.05, 3.63) is 24.9 Å². The molecule has 0 fully saturated rings. The van der Waals surface area contributed by atoms with Gasteiger partial charge in [0.2, 0.25) is 0 Å². The first-order valence-electron chi connectivity index (χ1n) is 3.02. The van der Waals surface area contributed by atoms with Gasteiger partial charge in [-0.15, -0.1) is 0 Å². The third-order valence-electron chi connectivity index (χ3n) is 1.07. The lowest BCUT2D eigenvalue weighted by Gasteiger charge is -1.98. The summed E-state index contributed by atoms with van der Waals surface area (Å²) < 4.78 is 0. The average Bonchev–Trinajstić information content (AvgIpc) is 2.15. The fourth-order valence-corrected chi connectivity index (χ4v) is 0.727. The van der Waals surface area contributed by atoms with Gasteiger partial charge < -0.3 is 0 Å². The van der Waals surface area contributed by atoms with Gasteiger partial charge in [0.15, 0.2) is 0 Å². The maximum atomic E-state index is 3.85. The number of aromatic nitrogens is 2. The van der Waals surface area contributed by atoms with Crippen LogP contribution in [0.5, 0.6) is 0 Å². The van der Waals surface area contributed by atoms with Crippen molar-refractivity contribution < 1.29 is 0 Å². The zero-order chi connectivity index (χ0) is 6.69. The summed E-state index contributed by atoms with van der Waals surface area (Å²) in [5, 5.41) is 6.52. The van der Waals surface area contributed by atoms with Crippen LogP contribution in [0.15, 0.2) is 6.07 Å². The minimum atomic E-state index is 0.443. The van der Waals surface area contributed by atoms with Crippen molar-refractivity contribution in [2.24, 2.45) is 5.92 Å². The van der Waals surface area contributed by atoms with Gasteiger partial charge in [0, 0.05) is 5.69 Å². The lowest BCUT2D eigenvalue weighted by atomic mass is 10.1. The quantitative estimate of drug-likeness (QED) is 0.627. The summed E-state index contributed by atoms with van der Waals surface area (Å²) in [5.74, 6) is 0.443. The van der Waals surface area contributed by atoms with Crippen LogP contribution in [0.2, 0.25) is 0 Å². The Morgan fingerprint density at radius 1 is 2.00 bits per heavy atom. The van der Waals surface area contributed by atoms with E-state index < -0.39 is 0 Å². The molecule has 0 aliphatic heterocycles. The van der Waals surface area contributed by atoms with Gasteiger partial charge in [-0.05, 0) is 18.4 Å². The molecule has 9 heavy (non-hydrogen) atoms. The molecule has 0 amide bonds. The molecule has 0 bridgehead atoms. The van der Waals surface area contributed by atoms with Crippen LogP contribution >= 0.6 is 0 Å². The zero-order valence-electron chi connectivity index (χ0n) is 5.52. The molecule has 1 aromatic rings. The minimum absolute atomic E-state index is 0.443. The second-order valence-electron chi connectivity index (χ2n) is 2.33. The summed E-state index contributed by atoms with van der Waals surface area (Å²) in [6.07, 6.45) is 3.66. The molecule has 0 aliphatic carbocycles. The van der Waals surface area contributed by atoms with Crippen LogP contribution in [0.25, 0.3) is 0 Å². The molecular formula is C7H10N2. The lowest BCUT2D eigenvalue weighted by Crippen LogP contribution is -1.93. The Kier molecular flexibility index (Phi) is 1.88. The largest absolute Gasteiger partial charge is 0.282 e. The number of H-pyrrole nitrogens is 1. The highest BCUT2D eigenvalue weighted by atomic mass is 15.1. The summed E-state index contributed by atoms with van der Waals surface area (Å²) in [5.41, 5.74) is 1.11. The second-order valence-corrected chi connectivity index (χ2v) is 2.33. The smallest absolute Gasteiger partial charge is 0.113 e. The van der Waals surface area contributed by atoms with Gasteiger partial charge in [0.1, 0.15) is 6.20 Å². The molecule has 0 aromatic carbocycles. The van der Waals surface area contributed by atoms with E-state index in [0.717, 1.165) is 12.1 Å².